The van der Waals surface area contributed by atoms with Gasteiger partial charge in [0.15, 0.2) is 5.43 Å². The van der Waals surface area contributed by atoms with Gasteiger partial charge in [0.05, 0.1) is 23.6 Å². The van der Waals surface area contributed by atoms with E-state index in [0.717, 1.165) is 16.9 Å². The van der Waals surface area contributed by atoms with Crippen molar-refractivity contribution < 1.29 is 18.7 Å². The van der Waals surface area contributed by atoms with Crippen molar-refractivity contribution in [3.05, 3.63) is 75.1 Å². The highest BCUT2D eigenvalue weighted by Crippen LogP contribution is 2.38. The van der Waals surface area contributed by atoms with Gasteiger partial charge in [-0.1, -0.05) is 23.8 Å². The number of rotatable bonds is 7. The fourth-order valence-electron chi connectivity index (χ4n) is 4.00. The number of carbonyl (C=O) groups excluding carboxylic acids is 1. The van der Waals surface area contributed by atoms with Crippen LogP contribution in [0, 0.1) is 6.92 Å². The highest BCUT2D eigenvalue weighted by molar-refractivity contribution is 5.99. The lowest BCUT2D eigenvalue weighted by atomic mass is 9.98. The smallest absolute Gasteiger partial charge is 0.290 e. The molecule has 0 bridgehead atoms. The Morgan fingerprint density at radius 3 is 2.57 bits per heavy atom. The van der Waals surface area contributed by atoms with Gasteiger partial charge in [-0.2, -0.15) is 0 Å². The molecule has 0 unspecified atom stereocenters. The van der Waals surface area contributed by atoms with Crippen LogP contribution in [0.1, 0.15) is 46.6 Å². The zero-order valence-corrected chi connectivity index (χ0v) is 17.4. The van der Waals surface area contributed by atoms with E-state index >= 15 is 0 Å². The van der Waals surface area contributed by atoms with E-state index in [1.807, 2.05) is 50.2 Å². The van der Waals surface area contributed by atoms with Crippen molar-refractivity contribution in [2.24, 2.45) is 0 Å². The molecule has 0 fully saturated rings. The van der Waals surface area contributed by atoms with Gasteiger partial charge in [-0.3, -0.25) is 9.59 Å². The van der Waals surface area contributed by atoms with Crippen LogP contribution in [0.4, 0.5) is 0 Å². The second kappa shape index (κ2) is 8.32. The Bertz CT molecular complexity index is 1130. The van der Waals surface area contributed by atoms with E-state index in [1.54, 1.807) is 18.1 Å². The zero-order valence-electron chi connectivity index (χ0n) is 17.4. The summed E-state index contributed by atoms with van der Waals surface area (Å²) < 4.78 is 16.7. The number of hydrogen-bond donors (Lipinski definition) is 0. The second-order valence-electron chi connectivity index (χ2n) is 7.42. The SMILES string of the molecule is CCOc1ccc([C@H]2c3c(oc4ccc(C)cc4c3=O)C(=O)N2CCCOC)cc1. The molecule has 0 saturated carbocycles. The molecule has 0 spiro atoms. The Hall–Kier alpha value is -3.12. The molecule has 30 heavy (non-hydrogen) atoms. The normalized spacial score (nSPS) is 15.6. The lowest BCUT2D eigenvalue weighted by molar-refractivity contribution is 0.0708. The molecule has 0 aliphatic carbocycles. The minimum Gasteiger partial charge on any atom is -0.494 e. The van der Waals surface area contributed by atoms with Gasteiger partial charge < -0.3 is 18.8 Å². The first-order valence-electron chi connectivity index (χ1n) is 10.1. The number of ether oxygens (including phenoxy) is 2. The number of fused-ring (bicyclic) bond motifs is 2. The molecule has 0 N–H and O–H groups in total. The van der Waals surface area contributed by atoms with E-state index in [-0.39, 0.29) is 17.1 Å². The molecule has 1 aliphatic rings. The summed E-state index contributed by atoms with van der Waals surface area (Å²) in [6, 6.07) is 12.5. The lowest BCUT2D eigenvalue weighted by Gasteiger charge is -2.25. The summed E-state index contributed by atoms with van der Waals surface area (Å²) in [7, 11) is 1.63. The van der Waals surface area contributed by atoms with Crippen LogP contribution >= 0.6 is 0 Å². The van der Waals surface area contributed by atoms with Crippen LogP contribution in [0.2, 0.25) is 0 Å². The van der Waals surface area contributed by atoms with Gasteiger partial charge in [0, 0.05) is 20.3 Å². The Morgan fingerprint density at radius 2 is 1.87 bits per heavy atom. The molecule has 1 amide bonds. The van der Waals surface area contributed by atoms with Gasteiger partial charge >= 0.3 is 0 Å². The summed E-state index contributed by atoms with van der Waals surface area (Å²) in [6.45, 7) is 5.41. The molecule has 0 saturated heterocycles. The molecule has 4 rings (SSSR count). The third kappa shape index (κ3) is 3.48. The van der Waals surface area contributed by atoms with Crippen molar-refractivity contribution in [1.29, 1.82) is 0 Å². The zero-order chi connectivity index (χ0) is 21.3. The molecule has 1 atom stereocenters. The first kappa shape index (κ1) is 20.2. The van der Waals surface area contributed by atoms with Gasteiger partial charge in [0.25, 0.3) is 5.91 Å². The number of methoxy groups -OCH3 is 1. The fraction of sp³-hybridized carbons (Fsp3) is 0.333. The lowest BCUT2D eigenvalue weighted by Crippen LogP contribution is -2.31. The number of amides is 1. The van der Waals surface area contributed by atoms with E-state index in [2.05, 4.69) is 0 Å². The predicted octanol–water partition coefficient (Wildman–Crippen LogP) is 4.08. The van der Waals surface area contributed by atoms with Crippen LogP contribution < -0.4 is 10.2 Å². The van der Waals surface area contributed by atoms with E-state index in [1.165, 1.54) is 0 Å². The average Bonchev–Trinajstić information content (AvgIpc) is 3.02. The first-order valence-corrected chi connectivity index (χ1v) is 10.1. The summed E-state index contributed by atoms with van der Waals surface area (Å²) in [5, 5.41) is 0.497. The molecule has 6 nitrogen and oxygen atoms in total. The van der Waals surface area contributed by atoms with E-state index in [9.17, 15) is 9.59 Å². The maximum absolute atomic E-state index is 13.5. The summed E-state index contributed by atoms with van der Waals surface area (Å²) in [6.07, 6.45) is 0.663. The van der Waals surface area contributed by atoms with Gasteiger partial charge in [-0.25, -0.2) is 0 Å². The molecular formula is C24H25NO5. The van der Waals surface area contributed by atoms with Crippen LogP contribution in [0.15, 0.2) is 51.7 Å². The van der Waals surface area contributed by atoms with Crippen LogP contribution in [0.5, 0.6) is 5.75 Å². The summed E-state index contributed by atoms with van der Waals surface area (Å²) in [4.78, 5) is 28.4. The molecular weight excluding hydrogens is 382 g/mol. The molecule has 156 valence electrons. The summed E-state index contributed by atoms with van der Waals surface area (Å²) in [5.74, 6) is 0.616. The topological polar surface area (TPSA) is 69.0 Å². The molecule has 6 heteroatoms. The maximum Gasteiger partial charge on any atom is 0.290 e. The number of nitrogens with zero attached hydrogens (tertiary/aromatic N) is 1. The summed E-state index contributed by atoms with van der Waals surface area (Å²) >= 11 is 0. The monoisotopic (exact) mass is 407 g/mol. The Balaban J connectivity index is 1.86. The van der Waals surface area contributed by atoms with Crippen molar-refractivity contribution >= 4 is 16.9 Å². The van der Waals surface area contributed by atoms with Gasteiger partial charge in [0.2, 0.25) is 5.76 Å². The molecule has 2 heterocycles. The van der Waals surface area contributed by atoms with Crippen LogP contribution in [0.3, 0.4) is 0 Å². The van der Waals surface area contributed by atoms with Gasteiger partial charge in [0.1, 0.15) is 11.3 Å². The van der Waals surface area contributed by atoms with Crippen molar-refractivity contribution in [1.82, 2.24) is 4.90 Å². The number of carbonyl (C=O) groups is 1. The Morgan fingerprint density at radius 1 is 1.10 bits per heavy atom. The van der Waals surface area contributed by atoms with Gasteiger partial charge in [-0.05, 0) is 50.1 Å². The predicted molar refractivity (Wildman–Crippen MR) is 114 cm³/mol. The van der Waals surface area contributed by atoms with Crippen molar-refractivity contribution in [3.63, 3.8) is 0 Å². The molecule has 1 aliphatic heterocycles. The standard InChI is InChI=1S/C24H25NO5/c1-4-29-17-9-7-16(8-10-17)21-20-22(26)18-14-15(2)6-11-19(18)30-23(20)24(27)25(21)12-5-13-28-3/h6-11,14,21H,4-5,12-13H2,1-3H3/t21-/m0/s1. The first-order chi connectivity index (χ1) is 14.5. The third-order valence-electron chi connectivity index (χ3n) is 5.38. The Kier molecular flexibility index (Phi) is 5.59. The number of aryl methyl sites for hydroxylation is 1. The highest BCUT2D eigenvalue weighted by atomic mass is 16.5. The molecule has 3 aromatic rings. The molecule has 2 aromatic carbocycles. The third-order valence-corrected chi connectivity index (χ3v) is 5.38. The van der Waals surface area contributed by atoms with Crippen molar-refractivity contribution in [2.45, 2.75) is 26.3 Å². The fourth-order valence-corrected chi connectivity index (χ4v) is 4.00. The Labute approximate surface area is 175 Å². The molecule has 1 aromatic heterocycles. The van der Waals surface area contributed by atoms with E-state index in [4.69, 9.17) is 13.9 Å². The summed E-state index contributed by atoms with van der Waals surface area (Å²) in [5.41, 5.74) is 2.49. The number of hydrogen-bond acceptors (Lipinski definition) is 5. The van der Waals surface area contributed by atoms with Crippen LogP contribution in [0.25, 0.3) is 11.0 Å². The minimum atomic E-state index is -0.499. The minimum absolute atomic E-state index is 0.132. The number of benzene rings is 2. The quantitative estimate of drug-likeness (QED) is 0.552. The second-order valence-corrected chi connectivity index (χ2v) is 7.42. The van der Waals surface area contributed by atoms with Crippen LogP contribution in [-0.2, 0) is 4.74 Å². The van der Waals surface area contributed by atoms with E-state index in [0.29, 0.717) is 42.7 Å². The van der Waals surface area contributed by atoms with Crippen molar-refractivity contribution in [3.8, 4) is 5.75 Å². The maximum atomic E-state index is 13.5. The molecule has 0 radical (unpaired) electrons. The average molecular weight is 407 g/mol. The van der Waals surface area contributed by atoms with Gasteiger partial charge in [-0.15, -0.1) is 0 Å². The largest absolute Gasteiger partial charge is 0.494 e. The van der Waals surface area contributed by atoms with E-state index < -0.39 is 6.04 Å². The van der Waals surface area contributed by atoms with Crippen LogP contribution in [-0.4, -0.2) is 37.7 Å². The highest BCUT2D eigenvalue weighted by Gasteiger charge is 2.42. The van der Waals surface area contributed by atoms with Crippen molar-refractivity contribution in [2.75, 3.05) is 26.9 Å².